The van der Waals surface area contributed by atoms with Crippen LogP contribution in [-0.2, 0) is 0 Å². The lowest BCUT2D eigenvalue weighted by Crippen LogP contribution is -2.27. The van der Waals surface area contributed by atoms with Crippen molar-refractivity contribution in [2.24, 2.45) is 0 Å². The van der Waals surface area contributed by atoms with Crippen molar-refractivity contribution in [1.29, 1.82) is 0 Å². The molecule has 1 unspecified atom stereocenters. The second-order valence-corrected chi connectivity index (χ2v) is 7.96. The second-order valence-electron chi connectivity index (χ2n) is 7.55. The van der Waals surface area contributed by atoms with Crippen LogP contribution in [0.15, 0.2) is 64.1 Å². The van der Waals surface area contributed by atoms with E-state index >= 15 is 0 Å². The van der Waals surface area contributed by atoms with Gasteiger partial charge >= 0.3 is 0 Å². The maximum Gasteiger partial charge on any atom is 0.267 e. The first-order valence-electron chi connectivity index (χ1n) is 10.4. The molecule has 0 saturated carbocycles. The van der Waals surface area contributed by atoms with Crippen molar-refractivity contribution >= 4 is 34.1 Å². The summed E-state index contributed by atoms with van der Waals surface area (Å²) in [6, 6.07) is 13.9. The fraction of sp³-hybridized carbons (Fsp3) is 0.130. The molecule has 0 saturated heterocycles. The predicted octanol–water partition coefficient (Wildman–Crippen LogP) is 3.94. The quantitative estimate of drug-likeness (QED) is 0.387. The molecule has 3 heterocycles. The number of halogens is 1. The number of benzene rings is 2. The number of nitrogen functional groups attached to an aromatic ring is 1. The number of rotatable bonds is 5. The number of fused-ring (bicyclic) bond motifs is 1. The van der Waals surface area contributed by atoms with Crippen LogP contribution in [0, 0.1) is 6.92 Å². The number of nitrogens with two attached hydrogens (primary N) is 1. The van der Waals surface area contributed by atoms with Crippen LogP contribution in [0.1, 0.15) is 24.7 Å². The minimum atomic E-state index is -0.492. The molecule has 0 fully saturated rings. The number of para-hydroxylation sites is 1. The molecular weight excluding hydrogens is 456 g/mol. The molecule has 5 rings (SSSR count). The fourth-order valence-corrected chi connectivity index (χ4v) is 3.96. The Kier molecular flexibility index (Phi) is 5.42. The average molecular weight is 475 g/mol. The summed E-state index contributed by atoms with van der Waals surface area (Å²) in [6.07, 6.45) is 1.33. The van der Waals surface area contributed by atoms with Gasteiger partial charge in [-0.2, -0.15) is 0 Å². The molecule has 0 aliphatic carbocycles. The monoisotopic (exact) mass is 474 g/mol. The molecule has 10 nitrogen and oxygen atoms in total. The van der Waals surface area contributed by atoms with Crippen molar-refractivity contribution in [3.8, 4) is 17.1 Å². The highest BCUT2D eigenvalue weighted by Gasteiger charge is 2.23. The van der Waals surface area contributed by atoms with E-state index in [4.69, 9.17) is 26.7 Å². The maximum atomic E-state index is 13.6. The lowest BCUT2D eigenvalue weighted by Gasteiger charge is -2.21. The maximum absolute atomic E-state index is 13.6. The number of anilines is 2. The van der Waals surface area contributed by atoms with Gasteiger partial charge < -0.3 is 15.5 Å². The van der Waals surface area contributed by atoms with Gasteiger partial charge in [-0.25, -0.2) is 15.0 Å². The number of nitrogens with one attached hydrogen (secondary N) is 1. The van der Waals surface area contributed by atoms with E-state index in [1.807, 2.05) is 37.3 Å². The van der Waals surface area contributed by atoms with Gasteiger partial charge in [-0.05, 0) is 31.2 Å². The number of aromatic nitrogens is 6. The number of aryl methyl sites for hydroxylation is 1. The summed E-state index contributed by atoms with van der Waals surface area (Å²) in [4.78, 5) is 26.8. The van der Waals surface area contributed by atoms with Crippen LogP contribution >= 0.6 is 11.6 Å². The third kappa shape index (κ3) is 3.73. The summed E-state index contributed by atoms with van der Waals surface area (Å²) in [6.45, 7) is 3.54. The largest absolute Gasteiger partial charge is 0.421 e. The van der Waals surface area contributed by atoms with E-state index in [2.05, 4.69) is 25.5 Å². The Morgan fingerprint density at radius 1 is 1.09 bits per heavy atom. The zero-order valence-electron chi connectivity index (χ0n) is 18.2. The van der Waals surface area contributed by atoms with Crippen LogP contribution in [0.3, 0.4) is 0 Å². The minimum absolute atomic E-state index is 0.173. The zero-order chi connectivity index (χ0) is 23.8. The standard InChI is InChI=1S/C23H19ClN8O2/c1-12(28-20-18(19(25)26-11-27-20)22-31-30-13(2)34-22)21-29-16-10-6-9-15(24)17(16)23(33)32(21)14-7-4-3-5-8-14/h3-12H,1-2H3,(H3,25,26,27,28). The summed E-state index contributed by atoms with van der Waals surface area (Å²) in [5.41, 5.74) is 7.34. The van der Waals surface area contributed by atoms with Crippen molar-refractivity contribution in [3.63, 3.8) is 0 Å². The molecule has 0 bridgehead atoms. The van der Waals surface area contributed by atoms with Crippen LogP contribution in [0.4, 0.5) is 11.6 Å². The SMILES string of the molecule is Cc1nnc(-c2c(N)ncnc2NC(C)c2nc3cccc(Cl)c3c(=O)n2-c2ccccc2)o1. The first kappa shape index (κ1) is 21.5. The summed E-state index contributed by atoms with van der Waals surface area (Å²) in [5.74, 6) is 1.55. The van der Waals surface area contributed by atoms with E-state index in [9.17, 15) is 4.79 Å². The van der Waals surface area contributed by atoms with Crippen molar-refractivity contribution in [3.05, 3.63) is 81.9 Å². The third-order valence-corrected chi connectivity index (χ3v) is 5.56. The summed E-state index contributed by atoms with van der Waals surface area (Å²) < 4.78 is 7.09. The molecule has 11 heteroatoms. The smallest absolute Gasteiger partial charge is 0.267 e. The highest BCUT2D eigenvalue weighted by molar-refractivity contribution is 6.35. The molecule has 3 N–H and O–H groups in total. The highest BCUT2D eigenvalue weighted by atomic mass is 35.5. The van der Waals surface area contributed by atoms with E-state index in [-0.39, 0.29) is 17.3 Å². The fourth-order valence-electron chi connectivity index (χ4n) is 3.71. The minimum Gasteiger partial charge on any atom is -0.421 e. The van der Waals surface area contributed by atoms with E-state index in [1.165, 1.54) is 10.9 Å². The average Bonchev–Trinajstić information content (AvgIpc) is 3.25. The Hall–Kier alpha value is -4.31. The lowest BCUT2D eigenvalue weighted by atomic mass is 10.2. The van der Waals surface area contributed by atoms with Crippen LogP contribution in [-0.4, -0.2) is 29.7 Å². The molecular formula is C23H19ClN8O2. The van der Waals surface area contributed by atoms with Gasteiger partial charge in [-0.1, -0.05) is 35.9 Å². The molecule has 170 valence electrons. The lowest BCUT2D eigenvalue weighted by molar-refractivity contribution is 0.532. The number of hydrogen-bond acceptors (Lipinski definition) is 9. The van der Waals surface area contributed by atoms with E-state index in [0.29, 0.717) is 44.7 Å². The van der Waals surface area contributed by atoms with Crippen molar-refractivity contribution in [2.45, 2.75) is 19.9 Å². The molecule has 0 aliphatic rings. The van der Waals surface area contributed by atoms with Gasteiger partial charge in [0, 0.05) is 6.92 Å². The summed E-state index contributed by atoms with van der Waals surface area (Å²) in [7, 11) is 0. The highest BCUT2D eigenvalue weighted by Crippen LogP contribution is 2.32. The van der Waals surface area contributed by atoms with E-state index in [0.717, 1.165) is 0 Å². The van der Waals surface area contributed by atoms with Crippen molar-refractivity contribution in [2.75, 3.05) is 11.1 Å². The molecule has 0 radical (unpaired) electrons. The van der Waals surface area contributed by atoms with Gasteiger partial charge in [0.2, 0.25) is 5.89 Å². The summed E-state index contributed by atoms with van der Waals surface area (Å²) in [5, 5.41) is 11.9. The molecule has 0 amide bonds. The molecule has 0 spiro atoms. The number of nitrogens with zero attached hydrogens (tertiary/aromatic N) is 6. The Morgan fingerprint density at radius 2 is 1.88 bits per heavy atom. The molecule has 2 aromatic carbocycles. The molecule has 0 aliphatic heterocycles. The van der Waals surface area contributed by atoms with Gasteiger partial charge in [0.1, 0.15) is 29.4 Å². The van der Waals surface area contributed by atoms with E-state index < -0.39 is 6.04 Å². The van der Waals surface area contributed by atoms with Gasteiger partial charge in [-0.15, -0.1) is 10.2 Å². The summed E-state index contributed by atoms with van der Waals surface area (Å²) >= 11 is 6.37. The van der Waals surface area contributed by atoms with Gasteiger partial charge in [-0.3, -0.25) is 9.36 Å². The molecule has 1 atom stereocenters. The Labute approximate surface area is 198 Å². The molecule has 34 heavy (non-hydrogen) atoms. The van der Waals surface area contributed by atoms with Gasteiger partial charge in [0.25, 0.3) is 11.4 Å². The van der Waals surface area contributed by atoms with Crippen molar-refractivity contribution in [1.82, 2.24) is 29.7 Å². The van der Waals surface area contributed by atoms with Gasteiger partial charge in [0.05, 0.1) is 27.7 Å². The predicted molar refractivity (Wildman–Crippen MR) is 129 cm³/mol. The van der Waals surface area contributed by atoms with Crippen molar-refractivity contribution < 1.29 is 4.42 Å². The molecule has 5 aromatic rings. The van der Waals surface area contributed by atoms with Crippen LogP contribution in [0.5, 0.6) is 0 Å². The third-order valence-electron chi connectivity index (χ3n) is 5.24. The zero-order valence-corrected chi connectivity index (χ0v) is 19.0. The van der Waals surface area contributed by atoms with Crippen LogP contribution in [0.25, 0.3) is 28.0 Å². The first-order chi connectivity index (χ1) is 16.4. The van der Waals surface area contributed by atoms with E-state index in [1.54, 1.807) is 25.1 Å². The second kappa shape index (κ2) is 8.56. The molecule has 3 aromatic heterocycles. The number of hydrogen-bond donors (Lipinski definition) is 2. The normalized spacial score (nSPS) is 12.1. The Balaban J connectivity index is 1.68. The Morgan fingerprint density at radius 3 is 2.62 bits per heavy atom. The first-order valence-corrected chi connectivity index (χ1v) is 10.8. The Bertz CT molecular complexity index is 1570. The van der Waals surface area contributed by atoms with Crippen LogP contribution < -0.4 is 16.6 Å². The topological polar surface area (TPSA) is 138 Å². The van der Waals surface area contributed by atoms with Gasteiger partial charge in [0.15, 0.2) is 0 Å². The van der Waals surface area contributed by atoms with Crippen LogP contribution in [0.2, 0.25) is 5.02 Å².